The highest BCUT2D eigenvalue weighted by Crippen LogP contribution is 2.28. The van der Waals surface area contributed by atoms with Gasteiger partial charge in [0.05, 0.1) is 13.0 Å². The summed E-state index contributed by atoms with van der Waals surface area (Å²) < 4.78 is 4.80. The van der Waals surface area contributed by atoms with Gasteiger partial charge in [-0.3, -0.25) is 14.5 Å². The average Bonchev–Trinajstić information content (AvgIpc) is 2.51. The third kappa shape index (κ3) is 4.70. The number of aliphatic hydroxyl groups is 1. The predicted molar refractivity (Wildman–Crippen MR) is 91.4 cm³/mol. The van der Waals surface area contributed by atoms with Crippen molar-refractivity contribution >= 4 is 11.9 Å². The number of carbonyl (C=O) groups excluding carboxylic acids is 2. The molecule has 1 atom stereocenters. The monoisotopic (exact) mass is 340 g/mol. The van der Waals surface area contributed by atoms with Crippen molar-refractivity contribution in [2.75, 3.05) is 39.8 Å². The first-order valence-corrected chi connectivity index (χ1v) is 8.96. The maximum absolute atomic E-state index is 12.8. The van der Waals surface area contributed by atoms with Crippen LogP contribution in [0.15, 0.2) is 0 Å². The van der Waals surface area contributed by atoms with Gasteiger partial charge in [0, 0.05) is 19.6 Å². The summed E-state index contributed by atoms with van der Waals surface area (Å²) in [6, 6.07) is 0. The van der Waals surface area contributed by atoms with Crippen molar-refractivity contribution < 1.29 is 19.4 Å². The van der Waals surface area contributed by atoms with Crippen molar-refractivity contribution in [3.8, 4) is 0 Å². The van der Waals surface area contributed by atoms with Crippen LogP contribution in [0.25, 0.3) is 0 Å². The van der Waals surface area contributed by atoms with Gasteiger partial charge in [-0.05, 0) is 44.2 Å². The summed E-state index contributed by atoms with van der Waals surface area (Å²) in [4.78, 5) is 28.3. The average molecular weight is 340 g/mol. The second kappa shape index (κ2) is 7.40. The summed E-state index contributed by atoms with van der Waals surface area (Å²) in [5.41, 5.74) is -1.27. The van der Waals surface area contributed by atoms with E-state index in [2.05, 4.69) is 25.7 Å². The molecule has 2 aliphatic rings. The lowest BCUT2D eigenvalue weighted by molar-refractivity contribution is -0.162. The minimum atomic E-state index is -1.29. The summed E-state index contributed by atoms with van der Waals surface area (Å²) in [6.07, 6.45) is 2.80. The molecule has 1 N–H and O–H groups in total. The molecular weight excluding hydrogens is 308 g/mol. The molecule has 2 saturated heterocycles. The Morgan fingerprint density at radius 2 is 1.92 bits per heavy atom. The number of carbonyl (C=O) groups is 2. The van der Waals surface area contributed by atoms with Gasteiger partial charge in [-0.25, -0.2) is 0 Å². The van der Waals surface area contributed by atoms with Crippen molar-refractivity contribution in [3.05, 3.63) is 0 Å². The predicted octanol–water partition coefficient (Wildman–Crippen LogP) is 1.27. The van der Waals surface area contributed by atoms with Gasteiger partial charge in [-0.2, -0.15) is 0 Å². The maximum atomic E-state index is 12.8. The van der Waals surface area contributed by atoms with Gasteiger partial charge in [0.15, 0.2) is 5.60 Å². The van der Waals surface area contributed by atoms with Crippen LogP contribution in [0.3, 0.4) is 0 Å². The molecule has 2 aliphatic heterocycles. The van der Waals surface area contributed by atoms with E-state index in [1.54, 1.807) is 0 Å². The molecule has 1 unspecified atom stereocenters. The SMILES string of the molecule is COC(=O)C1CCN(CC2(O)CCCN(CC(C)(C)C)C2=O)CC1. The van der Waals surface area contributed by atoms with Gasteiger partial charge in [0.2, 0.25) is 0 Å². The van der Waals surface area contributed by atoms with Gasteiger partial charge < -0.3 is 14.7 Å². The highest BCUT2D eigenvalue weighted by atomic mass is 16.5. The number of hydrogen-bond acceptors (Lipinski definition) is 5. The van der Waals surface area contributed by atoms with E-state index in [4.69, 9.17) is 4.74 Å². The third-order valence-corrected chi connectivity index (χ3v) is 4.98. The fraction of sp³-hybridized carbons (Fsp3) is 0.889. The zero-order valence-electron chi connectivity index (χ0n) is 15.5. The molecule has 0 spiro atoms. The summed E-state index contributed by atoms with van der Waals surface area (Å²) in [5.74, 6) is -0.349. The van der Waals surface area contributed by atoms with E-state index in [9.17, 15) is 14.7 Å². The van der Waals surface area contributed by atoms with Crippen LogP contribution in [0.5, 0.6) is 0 Å². The topological polar surface area (TPSA) is 70.1 Å². The van der Waals surface area contributed by atoms with Crippen LogP contribution in [-0.2, 0) is 14.3 Å². The number of ether oxygens (including phenoxy) is 1. The molecule has 2 heterocycles. The van der Waals surface area contributed by atoms with E-state index in [0.717, 1.165) is 25.8 Å². The van der Waals surface area contributed by atoms with Crippen LogP contribution in [-0.4, -0.2) is 72.2 Å². The van der Waals surface area contributed by atoms with Crippen molar-refractivity contribution in [1.29, 1.82) is 0 Å². The number of rotatable bonds is 4. The van der Waals surface area contributed by atoms with Crippen molar-refractivity contribution in [1.82, 2.24) is 9.80 Å². The van der Waals surface area contributed by atoms with E-state index < -0.39 is 5.60 Å². The first-order valence-electron chi connectivity index (χ1n) is 8.96. The molecule has 0 bridgehead atoms. The van der Waals surface area contributed by atoms with E-state index in [1.807, 2.05) is 4.90 Å². The number of esters is 1. The van der Waals surface area contributed by atoms with Crippen LogP contribution < -0.4 is 0 Å². The molecule has 0 radical (unpaired) electrons. The molecular formula is C18H32N2O4. The highest BCUT2D eigenvalue weighted by molar-refractivity contribution is 5.86. The lowest BCUT2D eigenvalue weighted by atomic mass is 9.87. The summed E-state index contributed by atoms with van der Waals surface area (Å²) >= 11 is 0. The van der Waals surface area contributed by atoms with Crippen LogP contribution in [0.2, 0.25) is 0 Å². The van der Waals surface area contributed by atoms with Crippen molar-refractivity contribution in [2.24, 2.45) is 11.3 Å². The minimum Gasteiger partial charge on any atom is -0.469 e. The molecule has 2 rings (SSSR count). The number of hydrogen-bond donors (Lipinski definition) is 1. The van der Waals surface area contributed by atoms with E-state index in [-0.39, 0.29) is 23.2 Å². The third-order valence-electron chi connectivity index (χ3n) is 4.98. The first kappa shape index (κ1) is 19.2. The Balaban J connectivity index is 1.93. The molecule has 0 aromatic rings. The van der Waals surface area contributed by atoms with Gasteiger partial charge in [-0.15, -0.1) is 0 Å². The number of piperidine rings is 2. The largest absolute Gasteiger partial charge is 0.469 e. The second-order valence-electron chi connectivity index (χ2n) is 8.50. The van der Waals surface area contributed by atoms with E-state index in [0.29, 0.717) is 32.6 Å². The zero-order valence-corrected chi connectivity index (χ0v) is 15.5. The Bertz CT molecular complexity index is 466. The molecule has 6 heteroatoms. The van der Waals surface area contributed by atoms with Gasteiger partial charge in [0.1, 0.15) is 0 Å². The maximum Gasteiger partial charge on any atom is 0.308 e. The summed E-state index contributed by atoms with van der Waals surface area (Å²) in [5, 5.41) is 11.0. The van der Waals surface area contributed by atoms with Crippen molar-refractivity contribution in [3.63, 3.8) is 0 Å². The number of amides is 1. The van der Waals surface area contributed by atoms with Gasteiger partial charge in [-0.1, -0.05) is 20.8 Å². The molecule has 24 heavy (non-hydrogen) atoms. The smallest absolute Gasteiger partial charge is 0.308 e. The quantitative estimate of drug-likeness (QED) is 0.781. The molecule has 0 aliphatic carbocycles. The van der Waals surface area contributed by atoms with Crippen molar-refractivity contribution in [2.45, 2.75) is 52.1 Å². The Labute approximate surface area is 145 Å². The normalized spacial score (nSPS) is 27.4. The van der Waals surface area contributed by atoms with E-state index >= 15 is 0 Å². The Kier molecular flexibility index (Phi) is 5.91. The standard InChI is InChI=1S/C18H32N2O4/c1-17(2,3)12-20-9-5-8-18(23,16(20)22)13-19-10-6-14(7-11-19)15(21)24-4/h14,23H,5-13H2,1-4H3. The number of likely N-dealkylation sites (tertiary alicyclic amines) is 2. The summed E-state index contributed by atoms with van der Waals surface area (Å²) in [6.45, 7) is 9.49. The molecule has 0 aromatic carbocycles. The van der Waals surface area contributed by atoms with Crippen LogP contribution in [0, 0.1) is 11.3 Å². The second-order valence-corrected chi connectivity index (χ2v) is 8.50. The molecule has 0 saturated carbocycles. The number of β-amino-alcohol motifs (C(OH)–C–C–N with tert-alkyl or cyclic N) is 1. The fourth-order valence-corrected chi connectivity index (χ4v) is 3.80. The van der Waals surface area contributed by atoms with Crippen LogP contribution in [0.4, 0.5) is 0 Å². The Morgan fingerprint density at radius 3 is 2.46 bits per heavy atom. The molecule has 6 nitrogen and oxygen atoms in total. The first-order chi connectivity index (χ1) is 11.1. The lowest BCUT2D eigenvalue weighted by Gasteiger charge is -2.43. The number of nitrogens with zero attached hydrogens (tertiary/aromatic N) is 2. The van der Waals surface area contributed by atoms with Gasteiger partial charge >= 0.3 is 5.97 Å². The summed E-state index contributed by atoms with van der Waals surface area (Å²) in [7, 11) is 1.42. The zero-order chi connectivity index (χ0) is 18.0. The molecule has 2 fully saturated rings. The van der Waals surface area contributed by atoms with Crippen LogP contribution in [0.1, 0.15) is 46.5 Å². The Hall–Kier alpha value is -1.14. The molecule has 138 valence electrons. The number of methoxy groups -OCH3 is 1. The van der Waals surface area contributed by atoms with Crippen LogP contribution >= 0.6 is 0 Å². The molecule has 1 amide bonds. The highest BCUT2D eigenvalue weighted by Gasteiger charge is 2.44. The van der Waals surface area contributed by atoms with E-state index in [1.165, 1.54) is 7.11 Å². The minimum absolute atomic E-state index is 0.0206. The molecule has 0 aromatic heterocycles. The lowest BCUT2D eigenvalue weighted by Crippen LogP contribution is -2.60. The Morgan fingerprint density at radius 1 is 1.29 bits per heavy atom. The fourth-order valence-electron chi connectivity index (χ4n) is 3.80. The van der Waals surface area contributed by atoms with Gasteiger partial charge in [0.25, 0.3) is 5.91 Å².